The summed E-state index contributed by atoms with van der Waals surface area (Å²) in [6.45, 7) is 9.21. The van der Waals surface area contributed by atoms with Crippen molar-refractivity contribution in [2.45, 2.75) is 64.7 Å². The van der Waals surface area contributed by atoms with Crippen LogP contribution < -0.4 is 5.32 Å². The maximum absolute atomic E-state index is 6.16. The number of guanidine groups is 1. The Bertz CT molecular complexity index is 842. The Balaban J connectivity index is 0.00000272. The molecule has 2 fully saturated rings. The van der Waals surface area contributed by atoms with Gasteiger partial charge in [-0.15, -0.1) is 24.0 Å². The average molecular weight is 541 g/mol. The lowest BCUT2D eigenvalue weighted by atomic mass is 10.1. The van der Waals surface area contributed by atoms with Crippen molar-refractivity contribution >= 4 is 35.6 Å². The topological polar surface area (TPSA) is 63.4 Å². The molecular weight excluding hydrogens is 505 g/mol. The van der Waals surface area contributed by atoms with E-state index in [1.54, 1.807) is 0 Å². The van der Waals surface area contributed by atoms with Gasteiger partial charge in [-0.05, 0) is 58.1 Å². The van der Waals surface area contributed by atoms with E-state index in [9.17, 15) is 0 Å². The third-order valence-corrected chi connectivity index (χ3v) is 6.00. The van der Waals surface area contributed by atoms with Crippen LogP contribution in [0, 0.1) is 6.92 Å². The molecule has 7 nitrogen and oxygen atoms in total. The number of rotatable bonds is 6. The minimum Gasteiger partial charge on any atom is -0.376 e. The minimum absolute atomic E-state index is 0. The lowest BCUT2D eigenvalue weighted by molar-refractivity contribution is -0.0721. The summed E-state index contributed by atoms with van der Waals surface area (Å²) in [6.07, 6.45) is 8.37. The van der Waals surface area contributed by atoms with E-state index in [1.165, 1.54) is 18.5 Å². The van der Waals surface area contributed by atoms with Crippen LogP contribution in [-0.4, -0.2) is 65.3 Å². The summed E-state index contributed by atoms with van der Waals surface area (Å²) in [5.41, 5.74) is 3.15. The van der Waals surface area contributed by atoms with Crippen molar-refractivity contribution in [2.75, 3.05) is 32.8 Å². The number of ether oxygens (including phenoxy) is 2. The number of aliphatic imine (C=N–C) groups is 1. The fraction of sp³-hybridized carbons (Fsp3) is 0.652. The highest BCUT2D eigenvalue weighted by atomic mass is 127. The summed E-state index contributed by atoms with van der Waals surface area (Å²) in [5.74, 6) is 0.973. The van der Waals surface area contributed by atoms with Crippen molar-refractivity contribution < 1.29 is 9.47 Å². The van der Waals surface area contributed by atoms with Crippen molar-refractivity contribution in [3.63, 3.8) is 0 Å². The maximum Gasteiger partial charge on any atom is 0.194 e. The molecule has 0 amide bonds. The number of imidazole rings is 1. The molecule has 2 aromatic rings. The average Bonchev–Trinajstić information content (AvgIpc) is 3.21. The Labute approximate surface area is 202 Å². The zero-order valence-electron chi connectivity index (χ0n) is 18.8. The number of hydrogen-bond acceptors (Lipinski definition) is 4. The van der Waals surface area contributed by atoms with E-state index in [0.29, 0.717) is 18.8 Å². The first-order chi connectivity index (χ1) is 14.7. The van der Waals surface area contributed by atoms with Gasteiger partial charge in [0.25, 0.3) is 0 Å². The van der Waals surface area contributed by atoms with Crippen LogP contribution in [0.1, 0.15) is 50.4 Å². The van der Waals surface area contributed by atoms with Crippen LogP contribution in [0.4, 0.5) is 0 Å². The third-order valence-electron chi connectivity index (χ3n) is 6.00. The monoisotopic (exact) mass is 541 g/mol. The summed E-state index contributed by atoms with van der Waals surface area (Å²) >= 11 is 0. The number of nitrogens with one attached hydrogen (secondary N) is 1. The molecule has 2 aliphatic heterocycles. The van der Waals surface area contributed by atoms with Gasteiger partial charge in [0.05, 0.1) is 31.1 Å². The lowest BCUT2D eigenvalue weighted by Gasteiger charge is -2.35. The molecule has 2 aliphatic rings. The summed E-state index contributed by atoms with van der Waals surface area (Å²) in [4.78, 5) is 11.9. The zero-order chi connectivity index (χ0) is 20.8. The van der Waals surface area contributed by atoms with Gasteiger partial charge in [-0.3, -0.25) is 0 Å². The molecule has 0 bridgehead atoms. The van der Waals surface area contributed by atoms with Gasteiger partial charge in [0, 0.05) is 38.1 Å². The molecule has 0 aliphatic carbocycles. The van der Waals surface area contributed by atoms with E-state index in [0.717, 1.165) is 69.4 Å². The van der Waals surface area contributed by atoms with Crippen molar-refractivity contribution in [1.82, 2.24) is 19.6 Å². The molecule has 0 spiro atoms. The molecule has 2 aromatic heterocycles. The molecule has 1 unspecified atom stereocenters. The van der Waals surface area contributed by atoms with E-state index in [4.69, 9.17) is 19.5 Å². The standard InChI is InChI=1S/C23H35N5O2.HI/c1-3-24-23(25-15-19-16-28-18(2)7-6-9-22(28)26-19)27-12-10-20(11-13-27)30-17-21-8-4-5-14-29-21;/h6-7,9,16,20-21H,3-5,8,10-15,17H2,1-2H3,(H,24,25);1H. The highest BCUT2D eigenvalue weighted by molar-refractivity contribution is 14.0. The highest BCUT2D eigenvalue weighted by Crippen LogP contribution is 2.18. The Kier molecular flexibility index (Phi) is 9.40. The first-order valence-electron chi connectivity index (χ1n) is 11.4. The van der Waals surface area contributed by atoms with Gasteiger partial charge in [0.1, 0.15) is 5.65 Å². The van der Waals surface area contributed by atoms with E-state index >= 15 is 0 Å². The van der Waals surface area contributed by atoms with Gasteiger partial charge >= 0.3 is 0 Å². The minimum atomic E-state index is 0. The van der Waals surface area contributed by atoms with Crippen LogP contribution in [-0.2, 0) is 16.0 Å². The highest BCUT2D eigenvalue weighted by Gasteiger charge is 2.23. The smallest absolute Gasteiger partial charge is 0.194 e. The normalized spacial score (nSPS) is 20.6. The maximum atomic E-state index is 6.16. The van der Waals surface area contributed by atoms with Crippen molar-refractivity contribution in [2.24, 2.45) is 4.99 Å². The number of pyridine rings is 1. The second-order valence-electron chi connectivity index (χ2n) is 8.31. The van der Waals surface area contributed by atoms with Gasteiger partial charge in [-0.2, -0.15) is 0 Å². The second kappa shape index (κ2) is 12.0. The van der Waals surface area contributed by atoms with Crippen LogP contribution >= 0.6 is 24.0 Å². The fourth-order valence-corrected chi connectivity index (χ4v) is 4.27. The van der Waals surface area contributed by atoms with Gasteiger partial charge in [0.15, 0.2) is 5.96 Å². The lowest BCUT2D eigenvalue weighted by Crippen LogP contribution is -2.47. The fourth-order valence-electron chi connectivity index (χ4n) is 4.27. The third kappa shape index (κ3) is 6.55. The Hall–Kier alpha value is -1.39. The first-order valence-corrected chi connectivity index (χ1v) is 11.4. The number of nitrogens with zero attached hydrogens (tertiary/aromatic N) is 4. The molecule has 4 heterocycles. The van der Waals surface area contributed by atoms with Gasteiger partial charge in [0.2, 0.25) is 0 Å². The quantitative estimate of drug-likeness (QED) is 0.343. The molecule has 8 heteroatoms. The molecule has 1 N–H and O–H groups in total. The molecule has 1 atom stereocenters. The van der Waals surface area contributed by atoms with Gasteiger partial charge in [-0.1, -0.05) is 6.07 Å². The Morgan fingerprint density at radius 3 is 2.81 bits per heavy atom. The number of halogens is 1. The Morgan fingerprint density at radius 2 is 2.10 bits per heavy atom. The number of piperidine rings is 1. The summed E-state index contributed by atoms with van der Waals surface area (Å²) in [6, 6.07) is 6.17. The molecular formula is C23H36IN5O2. The van der Waals surface area contributed by atoms with E-state index in [1.807, 2.05) is 12.1 Å². The number of likely N-dealkylation sites (tertiary alicyclic amines) is 1. The largest absolute Gasteiger partial charge is 0.376 e. The summed E-state index contributed by atoms with van der Waals surface area (Å²) in [7, 11) is 0. The summed E-state index contributed by atoms with van der Waals surface area (Å²) in [5, 5.41) is 3.45. The van der Waals surface area contributed by atoms with Gasteiger partial charge < -0.3 is 24.1 Å². The molecule has 31 heavy (non-hydrogen) atoms. The molecule has 0 saturated carbocycles. The van der Waals surface area contributed by atoms with Crippen molar-refractivity contribution in [3.05, 3.63) is 35.8 Å². The van der Waals surface area contributed by atoms with Crippen LogP contribution in [0.2, 0.25) is 0 Å². The van der Waals surface area contributed by atoms with E-state index in [2.05, 4.69) is 40.7 Å². The van der Waals surface area contributed by atoms with Crippen LogP contribution in [0.25, 0.3) is 5.65 Å². The SMILES string of the molecule is CCNC(=NCc1cn2c(C)cccc2n1)N1CCC(OCC2CCCCO2)CC1.I. The number of aryl methyl sites for hydroxylation is 1. The van der Waals surface area contributed by atoms with Gasteiger partial charge in [-0.25, -0.2) is 9.98 Å². The van der Waals surface area contributed by atoms with Crippen LogP contribution in [0.15, 0.2) is 29.4 Å². The molecule has 4 rings (SSSR count). The number of hydrogen-bond donors (Lipinski definition) is 1. The van der Waals surface area contributed by atoms with Crippen LogP contribution in [0.5, 0.6) is 0 Å². The molecule has 0 aromatic carbocycles. The second-order valence-corrected chi connectivity index (χ2v) is 8.31. The predicted molar refractivity (Wildman–Crippen MR) is 134 cm³/mol. The van der Waals surface area contributed by atoms with Crippen LogP contribution in [0.3, 0.4) is 0 Å². The molecule has 2 saturated heterocycles. The Morgan fingerprint density at radius 1 is 1.26 bits per heavy atom. The molecule has 172 valence electrons. The van der Waals surface area contributed by atoms with E-state index in [-0.39, 0.29) is 24.0 Å². The van der Waals surface area contributed by atoms with Crippen molar-refractivity contribution in [1.29, 1.82) is 0 Å². The number of fused-ring (bicyclic) bond motifs is 1. The first kappa shape index (κ1) is 24.3. The van der Waals surface area contributed by atoms with E-state index < -0.39 is 0 Å². The van der Waals surface area contributed by atoms with Crippen molar-refractivity contribution in [3.8, 4) is 0 Å². The summed E-state index contributed by atoms with van der Waals surface area (Å²) < 4.78 is 14.1. The number of aromatic nitrogens is 2. The zero-order valence-corrected chi connectivity index (χ0v) is 21.1. The molecule has 0 radical (unpaired) electrons. The predicted octanol–water partition coefficient (Wildman–Crippen LogP) is 3.78.